The molecule has 0 saturated carbocycles. The van der Waals surface area contributed by atoms with Crippen LogP contribution in [0, 0.1) is 0 Å². The van der Waals surface area contributed by atoms with Crippen LogP contribution in [-0.4, -0.2) is 18.5 Å². The highest BCUT2D eigenvalue weighted by atomic mass is 79.9. The first kappa shape index (κ1) is 13.5. The van der Waals surface area contributed by atoms with Crippen LogP contribution in [0.5, 0.6) is 0 Å². The Morgan fingerprint density at radius 1 is 1.71 bits per heavy atom. The van der Waals surface area contributed by atoms with Crippen LogP contribution in [0.1, 0.15) is 17.5 Å². The fourth-order valence-electron chi connectivity index (χ4n) is 0.790. The minimum absolute atomic E-state index is 0. The molecular formula is C8H12BrClN2O2. The molecule has 1 rings (SSSR count). The fraction of sp³-hybridized carbons (Fsp3) is 0.375. The lowest BCUT2D eigenvalue weighted by atomic mass is 10.3. The maximum atomic E-state index is 11.3. The fourth-order valence-corrected chi connectivity index (χ4v) is 1.10. The third kappa shape index (κ3) is 3.69. The van der Waals surface area contributed by atoms with E-state index in [-0.39, 0.29) is 30.1 Å². The highest BCUT2D eigenvalue weighted by molar-refractivity contribution is 9.10. The van der Waals surface area contributed by atoms with Gasteiger partial charge in [0, 0.05) is 12.6 Å². The van der Waals surface area contributed by atoms with Crippen LogP contribution in [0.3, 0.4) is 0 Å². The standard InChI is InChI=1S/C8H11BrN2O2.ClH/c1-5(4-10)11-8(12)6-2-3-7(9)13-6;/h2-3,5H,4,10H2,1H3,(H,11,12);1H/t5-;/m1./s1. The Balaban J connectivity index is 0.00000169. The second kappa shape index (κ2) is 6.06. The van der Waals surface area contributed by atoms with Gasteiger partial charge in [-0.1, -0.05) is 0 Å². The summed E-state index contributed by atoms with van der Waals surface area (Å²) < 4.78 is 5.59. The number of nitrogens with one attached hydrogen (secondary N) is 1. The van der Waals surface area contributed by atoms with Gasteiger partial charge in [0.1, 0.15) is 0 Å². The quantitative estimate of drug-likeness (QED) is 0.884. The Labute approximate surface area is 96.8 Å². The van der Waals surface area contributed by atoms with Gasteiger partial charge in [-0.3, -0.25) is 4.79 Å². The lowest BCUT2D eigenvalue weighted by molar-refractivity contribution is 0.0912. The van der Waals surface area contributed by atoms with Crippen molar-refractivity contribution in [3.8, 4) is 0 Å². The summed E-state index contributed by atoms with van der Waals surface area (Å²) in [6.45, 7) is 2.24. The third-order valence-corrected chi connectivity index (χ3v) is 1.95. The second-order valence-corrected chi connectivity index (χ2v) is 3.50. The van der Waals surface area contributed by atoms with Crippen LogP contribution in [0.4, 0.5) is 0 Å². The molecule has 80 valence electrons. The number of nitrogens with two attached hydrogens (primary N) is 1. The van der Waals surface area contributed by atoms with E-state index in [9.17, 15) is 4.79 Å². The zero-order valence-corrected chi connectivity index (χ0v) is 10.0. The van der Waals surface area contributed by atoms with E-state index in [1.807, 2.05) is 6.92 Å². The molecule has 1 aromatic heterocycles. The predicted octanol–water partition coefficient (Wildman–Crippen LogP) is 1.54. The van der Waals surface area contributed by atoms with Gasteiger partial charge in [0.2, 0.25) is 0 Å². The summed E-state index contributed by atoms with van der Waals surface area (Å²) in [6, 6.07) is 3.22. The maximum absolute atomic E-state index is 11.3. The van der Waals surface area contributed by atoms with Gasteiger partial charge in [-0.2, -0.15) is 0 Å². The van der Waals surface area contributed by atoms with Gasteiger partial charge in [0.15, 0.2) is 10.4 Å². The Morgan fingerprint density at radius 2 is 2.36 bits per heavy atom. The average molecular weight is 284 g/mol. The smallest absolute Gasteiger partial charge is 0.287 e. The highest BCUT2D eigenvalue weighted by Crippen LogP contribution is 2.13. The predicted molar refractivity (Wildman–Crippen MR) is 59.6 cm³/mol. The normalized spacial score (nSPS) is 11.6. The summed E-state index contributed by atoms with van der Waals surface area (Å²) in [5.41, 5.74) is 5.35. The molecule has 0 fully saturated rings. The molecule has 0 radical (unpaired) electrons. The zero-order valence-electron chi connectivity index (χ0n) is 7.62. The van der Waals surface area contributed by atoms with Crippen LogP contribution in [0.2, 0.25) is 0 Å². The van der Waals surface area contributed by atoms with Crippen molar-refractivity contribution in [3.05, 3.63) is 22.6 Å². The van der Waals surface area contributed by atoms with Crippen LogP contribution in [-0.2, 0) is 0 Å². The molecule has 4 nitrogen and oxygen atoms in total. The van der Waals surface area contributed by atoms with E-state index in [1.165, 1.54) is 0 Å². The molecule has 0 aliphatic carbocycles. The summed E-state index contributed by atoms with van der Waals surface area (Å²) in [5, 5.41) is 2.68. The van der Waals surface area contributed by atoms with Gasteiger partial charge >= 0.3 is 0 Å². The topological polar surface area (TPSA) is 68.3 Å². The van der Waals surface area contributed by atoms with E-state index < -0.39 is 0 Å². The minimum Gasteiger partial charge on any atom is -0.444 e. The van der Waals surface area contributed by atoms with E-state index >= 15 is 0 Å². The molecule has 0 saturated heterocycles. The number of furan rings is 1. The molecule has 0 spiro atoms. The van der Waals surface area contributed by atoms with Crippen molar-refractivity contribution in [2.75, 3.05) is 6.54 Å². The molecule has 0 aromatic carbocycles. The maximum Gasteiger partial charge on any atom is 0.287 e. The number of halogens is 2. The molecule has 1 atom stereocenters. The summed E-state index contributed by atoms with van der Waals surface area (Å²) in [4.78, 5) is 11.3. The van der Waals surface area contributed by atoms with Gasteiger partial charge in [-0.15, -0.1) is 12.4 Å². The van der Waals surface area contributed by atoms with Crippen LogP contribution >= 0.6 is 28.3 Å². The molecular weight excluding hydrogens is 271 g/mol. The summed E-state index contributed by atoms with van der Waals surface area (Å²) in [7, 11) is 0. The lowest BCUT2D eigenvalue weighted by Gasteiger charge is -2.08. The molecule has 14 heavy (non-hydrogen) atoms. The van der Waals surface area contributed by atoms with Crippen molar-refractivity contribution in [2.24, 2.45) is 5.73 Å². The molecule has 3 N–H and O–H groups in total. The number of hydrogen-bond donors (Lipinski definition) is 2. The van der Waals surface area contributed by atoms with Crippen molar-refractivity contribution in [2.45, 2.75) is 13.0 Å². The Morgan fingerprint density at radius 3 is 2.79 bits per heavy atom. The van der Waals surface area contributed by atoms with Crippen molar-refractivity contribution in [1.29, 1.82) is 0 Å². The number of carbonyl (C=O) groups is 1. The van der Waals surface area contributed by atoms with E-state index in [2.05, 4.69) is 21.2 Å². The summed E-state index contributed by atoms with van der Waals surface area (Å²) in [5.74, 6) is 0.0378. The van der Waals surface area contributed by atoms with Gasteiger partial charge in [0.25, 0.3) is 5.91 Å². The van der Waals surface area contributed by atoms with E-state index in [0.29, 0.717) is 11.2 Å². The largest absolute Gasteiger partial charge is 0.444 e. The molecule has 0 aliphatic heterocycles. The molecule has 0 bridgehead atoms. The molecule has 0 aliphatic rings. The first-order valence-electron chi connectivity index (χ1n) is 3.89. The van der Waals surface area contributed by atoms with E-state index in [0.717, 1.165) is 0 Å². The van der Waals surface area contributed by atoms with Gasteiger partial charge in [-0.25, -0.2) is 0 Å². The van der Waals surface area contributed by atoms with Crippen molar-refractivity contribution in [1.82, 2.24) is 5.32 Å². The Kier molecular flexibility index (Phi) is 5.83. The monoisotopic (exact) mass is 282 g/mol. The number of rotatable bonds is 3. The Bertz CT molecular complexity index is 303. The highest BCUT2D eigenvalue weighted by Gasteiger charge is 2.11. The molecule has 0 unspecified atom stereocenters. The summed E-state index contributed by atoms with van der Waals surface area (Å²) >= 11 is 3.11. The van der Waals surface area contributed by atoms with E-state index in [1.54, 1.807) is 12.1 Å². The lowest BCUT2D eigenvalue weighted by Crippen LogP contribution is -2.37. The third-order valence-electron chi connectivity index (χ3n) is 1.53. The summed E-state index contributed by atoms with van der Waals surface area (Å²) in [6.07, 6.45) is 0. The van der Waals surface area contributed by atoms with E-state index in [4.69, 9.17) is 10.2 Å². The van der Waals surface area contributed by atoms with Gasteiger partial charge in [-0.05, 0) is 35.0 Å². The first-order chi connectivity index (χ1) is 6.13. The number of hydrogen-bond acceptors (Lipinski definition) is 3. The molecule has 6 heteroatoms. The zero-order chi connectivity index (χ0) is 9.84. The van der Waals surface area contributed by atoms with Crippen LogP contribution < -0.4 is 11.1 Å². The van der Waals surface area contributed by atoms with Crippen molar-refractivity contribution < 1.29 is 9.21 Å². The average Bonchev–Trinajstić information content (AvgIpc) is 2.51. The molecule has 1 aromatic rings. The SMILES string of the molecule is C[C@H](CN)NC(=O)c1ccc(Br)o1.Cl. The van der Waals surface area contributed by atoms with Crippen molar-refractivity contribution in [3.63, 3.8) is 0 Å². The molecule has 1 heterocycles. The number of carbonyl (C=O) groups excluding carboxylic acids is 1. The van der Waals surface area contributed by atoms with Gasteiger partial charge < -0.3 is 15.5 Å². The van der Waals surface area contributed by atoms with Crippen molar-refractivity contribution >= 4 is 34.2 Å². The minimum atomic E-state index is -0.247. The second-order valence-electron chi connectivity index (χ2n) is 2.71. The van der Waals surface area contributed by atoms with Crippen LogP contribution in [0.15, 0.2) is 21.2 Å². The first-order valence-corrected chi connectivity index (χ1v) is 4.69. The number of amides is 1. The van der Waals surface area contributed by atoms with Gasteiger partial charge in [0.05, 0.1) is 0 Å². The van der Waals surface area contributed by atoms with Crippen LogP contribution in [0.25, 0.3) is 0 Å². The molecule has 1 amide bonds. The Hall–Kier alpha value is -0.520.